The van der Waals surface area contributed by atoms with E-state index in [0.29, 0.717) is 31.5 Å². The number of amides is 3. The van der Waals surface area contributed by atoms with Crippen LogP contribution in [0, 0.1) is 0 Å². The largest absolute Gasteiger partial charge is 0.368 e. The molecular formula is C22H23N3O3. The van der Waals surface area contributed by atoms with Crippen LogP contribution in [0.4, 0.5) is 5.69 Å². The molecule has 0 aromatic heterocycles. The van der Waals surface area contributed by atoms with Crippen LogP contribution >= 0.6 is 0 Å². The van der Waals surface area contributed by atoms with Crippen LogP contribution < -0.4 is 4.90 Å². The molecule has 2 aliphatic rings. The summed E-state index contributed by atoms with van der Waals surface area (Å²) in [6.07, 6.45) is 0.592. The summed E-state index contributed by atoms with van der Waals surface area (Å²) in [6, 6.07) is 17.5. The van der Waals surface area contributed by atoms with Gasteiger partial charge in [0.1, 0.15) is 0 Å². The van der Waals surface area contributed by atoms with Crippen LogP contribution in [-0.4, -0.2) is 53.7 Å². The van der Waals surface area contributed by atoms with Crippen LogP contribution in [0.1, 0.15) is 28.8 Å². The summed E-state index contributed by atoms with van der Waals surface area (Å²) < 4.78 is 0. The van der Waals surface area contributed by atoms with Crippen molar-refractivity contribution in [1.29, 1.82) is 0 Å². The first-order chi connectivity index (χ1) is 13.6. The van der Waals surface area contributed by atoms with Gasteiger partial charge in [-0.2, -0.15) is 0 Å². The van der Waals surface area contributed by atoms with E-state index < -0.39 is 0 Å². The van der Waals surface area contributed by atoms with E-state index in [2.05, 4.69) is 17.0 Å². The van der Waals surface area contributed by atoms with Crippen LogP contribution in [0.25, 0.3) is 0 Å². The number of piperazine rings is 1. The Morgan fingerprint density at radius 1 is 0.786 bits per heavy atom. The first-order valence-corrected chi connectivity index (χ1v) is 9.63. The van der Waals surface area contributed by atoms with Gasteiger partial charge in [-0.25, -0.2) is 0 Å². The van der Waals surface area contributed by atoms with E-state index in [4.69, 9.17) is 0 Å². The molecular weight excluding hydrogens is 354 g/mol. The van der Waals surface area contributed by atoms with Gasteiger partial charge in [-0.05, 0) is 29.8 Å². The fraction of sp³-hybridized carbons (Fsp3) is 0.318. The predicted octanol–water partition coefficient (Wildman–Crippen LogP) is 2.30. The summed E-state index contributed by atoms with van der Waals surface area (Å²) in [5.41, 5.74) is 2.68. The Morgan fingerprint density at radius 3 is 2.00 bits per heavy atom. The Labute approximate surface area is 164 Å². The SMILES string of the molecule is O=C(c1ccc(CN2C(=O)CCC2=O)cc1)N1CCN(c2ccccc2)CC1. The molecule has 2 heterocycles. The third-order valence-electron chi connectivity index (χ3n) is 5.38. The number of hydrogen-bond acceptors (Lipinski definition) is 4. The van der Waals surface area contributed by atoms with E-state index in [-0.39, 0.29) is 24.3 Å². The Balaban J connectivity index is 1.35. The first kappa shape index (κ1) is 18.2. The minimum absolute atomic E-state index is 0.0209. The second kappa shape index (κ2) is 7.84. The minimum Gasteiger partial charge on any atom is -0.368 e. The van der Waals surface area contributed by atoms with Crippen molar-refractivity contribution < 1.29 is 14.4 Å². The van der Waals surface area contributed by atoms with E-state index in [9.17, 15) is 14.4 Å². The number of carbonyl (C=O) groups excluding carboxylic acids is 3. The van der Waals surface area contributed by atoms with Gasteiger partial charge in [0.05, 0.1) is 6.54 Å². The van der Waals surface area contributed by atoms with Crippen molar-refractivity contribution in [3.05, 3.63) is 65.7 Å². The number of likely N-dealkylation sites (tertiary alicyclic amines) is 1. The van der Waals surface area contributed by atoms with Crippen molar-refractivity contribution in [3.63, 3.8) is 0 Å². The van der Waals surface area contributed by atoms with Gasteiger partial charge in [-0.1, -0.05) is 30.3 Å². The molecule has 0 N–H and O–H groups in total. The lowest BCUT2D eigenvalue weighted by atomic mass is 10.1. The third kappa shape index (κ3) is 3.76. The first-order valence-electron chi connectivity index (χ1n) is 9.63. The number of para-hydroxylation sites is 1. The zero-order valence-electron chi connectivity index (χ0n) is 15.7. The van der Waals surface area contributed by atoms with Crippen LogP contribution in [-0.2, 0) is 16.1 Å². The zero-order valence-corrected chi connectivity index (χ0v) is 15.7. The second-order valence-corrected chi connectivity index (χ2v) is 7.19. The van der Waals surface area contributed by atoms with Gasteiger partial charge in [0, 0.05) is 50.3 Å². The van der Waals surface area contributed by atoms with Crippen molar-refractivity contribution in [3.8, 4) is 0 Å². The molecule has 6 heteroatoms. The normalized spacial score (nSPS) is 17.4. The highest BCUT2D eigenvalue weighted by atomic mass is 16.2. The Kier molecular flexibility index (Phi) is 5.10. The molecule has 6 nitrogen and oxygen atoms in total. The molecule has 0 atom stereocenters. The van der Waals surface area contributed by atoms with Gasteiger partial charge in [0.2, 0.25) is 11.8 Å². The van der Waals surface area contributed by atoms with E-state index in [1.165, 1.54) is 10.6 Å². The maximum absolute atomic E-state index is 12.8. The summed E-state index contributed by atoms with van der Waals surface area (Å²) in [7, 11) is 0. The van der Waals surface area contributed by atoms with Gasteiger partial charge < -0.3 is 9.80 Å². The molecule has 0 bridgehead atoms. The number of anilines is 1. The minimum atomic E-state index is -0.124. The van der Waals surface area contributed by atoms with Crippen molar-refractivity contribution in [1.82, 2.24) is 9.80 Å². The maximum Gasteiger partial charge on any atom is 0.253 e. The lowest BCUT2D eigenvalue weighted by Crippen LogP contribution is -2.48. The summed E-state index contributed by atoms with van der Waals surface area (Å²) in [6.45, 7) is 3.28. The Bertz CT molecular complexity index is 856. The number of rotatable bonds is 4. The highest BCUT2D eigenvalue weighted by molar-refractivity contribution is 6.01. The second-order valence-electron chi connectivity index (χ2n) is 7.19. The number of hydrogen-bond donors (Lipinski definition) is 0. The molecule has 2 aliphatic heterocycles. The van der Waals surface area contributed by atoms with Gasteiger partial charge >= 0.3 is 0 Å². The lowest BCUT2D eigenvalue weighted by Gasteiger charge is -2.36. The highest BCUT2D eigenvalue weighted by Gasteiger charge is 2.28. The average Bonchev–Trinajstić information content (AvgIpc) is 3.06. The molecule has 0 radical (unpaired) electrons. The number of nitrogens with zero attached hydrogens (tertiary/aromatic N) is 3. The van der Waals surface area contributed by atoms with Crippen LogP contribution in [0.5, 0.6) is 0 Å². The molecule has 0 saturated carbocycles. The fourth-order valence-electron chi connectivity index (χ4n) is 3.72. The van der Waals surface area contributed by atoms with Crippen molar-refractivity contribution in [2.24, 2.45) is 0 Å². The number of imide groups is 1. The summed E-state index contributed by atoms with van der Waals surface area (Å²) >= 11 is 0. The van der Waals surface area contributed by atoms with Gasteiger partial charge in [-0.15, -0.1) is 0 Å². The van der Waals surface area contributed by atoms with Gasteiger partial charge in [0.25, 0.3) is 5.91 Å². The monoisotopic (exact) mass is 377 g/mol. The Hall–Kier alpha value is -3.15. The molecule has 0 spiro atoms. The number of benzene rings is 2. The highest BCUT2D eigenvalue weighted by Crippen LogP contribution is 2.19. The van der Waals surface area contributed by atoms with E-state index in [1.807, 2.05) is 35.2 Å². The zero-order chi connectivity index (χ0) is 19.5. The number of carbonyl (C=O) groups is 3. The molecule has 2 fully saturated rings. The molecule has 3 amide bonds. The molecule has 2 aromatic rings. The quantitative estimate of drug-likeness (QED) is 0.767. The van der Waals surface area contributed by atoms with Gasteiger partial charge in [-0.3, -0.25) is 19.3 Å². The van der Waals surface area contributed by atoms with Crippen LogP contribution in [0.2, 0.25) is 0 Å². The average molecular weight is 377 g/mol. The van der Waals surface area contributed by atoms with E-state index >= 15 is 0 Å². The molecule has 2 saturated heterocycles. The molecule has 0 unspecified atom stereocenters. The van der Waals surface area contributed by atoms with Crippen LogP contribution in [0.3, 0.4) is 0 Å². The summed E-state index contributed by atoms with van der Waals surface area (Å²) in [4.78, 5) is 41.7. The summed E-state index contributed by atoms with van der Waals surface area (Å²) in [5.74, 6) is -0.226. The standard InChI is InChI=1S/C22H23N3O3/c26-20-10-11-21(27)25(20)16-17-6-8-18(9-7-17)22(28)24-14-12-23(13-15-24)19-4-2-1-3-5-19/h1-9H,10-16H2. The lowest BCUT2D eigenvalue weighted by molar-refractivity contribution is -0.139. The van der Waals surface area contributed by atoms with Crippen molar-refractivity contribution in [2.75, 3.05) is 31.1 Å². The van der Waals surface area contributed by atoms with Crippen molar-refractivity contribution >= 4 is 23.4 Å². The summed E-state index contributed by atoms with van der Waals surface area (Å²) in [5, 5.41) is 0. The Morgan fingerprint density at radius 2 is 1.39 bits per heavy atom. The maximum atomic E-state index is 12.8. The molecule has 2 aromatic carbocycles. The smallest absolute Gasteiger partial charge is 0.253 e. The van der Waals surface area contributed by atoms with E-state index in [0.717, 1.165) is 18.7 Å². The predicted molar refractivity (Wildman–Crippen MR) is 106 cm³/mol. The van der Waals surface area contributed by atoms with E-state index in [1.54, 1.807) is 12.1 Å². The fourth-order valence-corrected chi connectivity index (χ4v) is 3.72. The molecule has 28 heavy (non-hydrogen) atoms. The van der Waals surface area contributed by atoms with Crippen LogP contribution in [0.15, 0.2) is 54.6 Å². The molecule has 144 valence electrons. The molecule has 0 aliphatic carbocycles. The molecule has 4 rings (SSSR count). The van der Waals surface area contributed by atoms with Gasteiger partial charge in [0.15, 0.2) is 0 Å². The third-order valence-corrected chi connectivity index (χ3v) is 5.38. The topological polar surface area (TPSA) is 60.9 Å². The van der Waals surface area contributed by atoms with Crippen molar-refractivity contribution in [2.45, 2.75) is 19.4 Å².